The Morgan fingerprint density at radius 2 is 2.00 bits per heavy atom. The van der Waals surface area contributed by atoms with Crippen molar-refractivity contribution in [2.75, 3.05) is 11.9 Å². The Balaban J connectivity index is 2.42. The van der Waals surface area contributed by atoms with E-state index in [9.17, 15) is 4.79 Å². The molecular weight excluding hydrogens is 232 g/mol. The van der Waals surface area contributed by atoms with E-state index >= 15 is 0 Å². The van der Waals surface area contributed by atoms with Gasteiger partial charge in [0.15, 0.2) is 0 Å². The summed E-state index contributed by atoms with van der Waals surface area (Å²) in [6.45, 7) is 4.70. The van der Waals surface area contributed by atoms with Crippen LogP contribution in [0.15, 0.2) is 30.3 Å². The molecule has 0 aromatic heterocycles. The standard InChI is InChI=1S/C13H20N2OS/c1-10(8-9-14)17-11(2)13(16)15-12-6-4-3-5-7-12/h3-7,10-11H,8-9,14H2,1-2H3,(H,15,16). The van der Waals surface area contributed by atoms with Crippen LogP contribution in [0.5, 0.6) is 0 Å². The van der Waals surface area contributed by atoms with Gasteiger partial charge in [-0.3, -0.25) is 4.79 Å². The minimum absolute atomic E-state index is 0.0464. The number of amides is 1. The maximum atomic E-state index is 11.9. The first-order chi connectivity index (χ1) is 8.13. The summed E-state index contributed by atoms with van der Waals surface area (Å²) in [5.41, 5.74) is 6.33. The number of para-hydroxylation sites is 1. The second-order valence-corrected chi connectivity index (χ2v) is 5.81. The third kappa shape index (κ3) is 5.24. The van der Waals surface area contributed by atoms with Crippen molar-refractivity contribution < 1.29 is 4.79 Å². The molecule has 1 aromatic carbocycles. The third-order valence-electron chi connectivity index (χ3n) is 2.42. The van der Waals surface area contributed by atoms with E-state index in [0.29, 0.717) is 11.8 Å². The van der Waals surface area contributed by atoms with E-state index in [0.717, 1.165) is 12.1 Å². The van der Waals surface area contributed by atoms with E-state index in [4.69, 9.17) is 5.73 Å². The van der Waals surface area contributed by atoms with Crippen molar-refractivity contribution in [3.63, 3.8) is 0 Å². The van der Waals surface area contributed by atoms with Crippen molar-refractivity contribution >= 4 is 23.4 Å². The molecule has 0 saturated heterocycles. The average molecular weight is 252 g/mol. The van der Waals surface area contributed by atoms with Gasteiger partial charge in [0.2, 0.25) is 5.91 Å². The van der Waals surface area contributed by atoms with Gasteiger partial charge in [0.25, 0.3) is 0 Å². The highest BCUT2D eigenvalue weighted by molar-refractivity contribution is 8.01. The molecule has 17 heavy (non-hydrogen) atoms. The number of thioether (sulfide) groups is 1. The molecule has 2 unspecified atom stereocenters. The van der Waals surface area contributed by atoms with Crippen molar-refractivity contribution in [2.24, 2.45) is 5.73 Å². The Hall–Kier alpha value is -1.00. The molecule has 2 atom stereocenters. The smallest absolute Gasteiger partial charge is 0.237 e. The van der Waals surface area contributed by atoms with E-state index in [-0.39, 0.29) is 11.2 Å². The lowest BCUT2D eigenvalue weighted by molar-refractivity contribution is -0.115. The predicted octanol–water partition coefficient (Wildman–Crippen LogP) is 2.48. The summed E-state index contributed by atoms with van der Waals surface area (Å²) in [6.07, 6.45) is 0.938. The summed E-state index contributed by atoms with van der Waals surface area (Å²) < 4.78 is 0. The molecule has 94 valence electrons. The van der Waals surface area contributed by atoms with Crippen LogP contribution in [-0.4, -0.2) is 23.0 Å². The van der Waals surface area contributed by atoms with Crippen molar-refractivity contribution in [1.29, 1.82) is 0 Å². The molecule has 1 amide bonds. The van der Waals surface area contributed by atoms with Crippen LogP contribution in [0.1, 0.15) is 20.3 Å². The fourth-order valence-corrected chi connectivity index (χ4v) is 2.63. The van der Waals surface area contributed by atoms with Gasteiger partial charge in [0.1, 0.15) is 0 Å². The van der Waals surface area contributed by atoms with Gasteiger partial charge >= 0.3 is 0 Å². The second kappa shape index (κ2) is 7.35. The molecule has 4 heteroatoms. The summed E-state index contributed by atoms with van der Waals surface area (Å²) in [5.74, 6) is 0.0464. The van der Waals surface area contributed by atoms with E-state index in [1.807, 2.05) is 37.3 Å². The number of rotatable bonds is 6. The zero-order valence-electron chi connectivity index (χ0n) is 10.3. The molecular formula is C13H20N2OS. The number of nitrogens with one attached hydrogen (secondary N) is 1. The fraction of sp³-hybridized carbons (Fsp3) is 0.462. The lowest BCUT2D eigenvalue weighted by atomic mass is 10.3. The Kier molecular flexibility index (Phi) is 6.08. The van der Waals surface area contributed by atoms with Crippen LogP contribution in [0.25, 0.3) is 0 Å². The first kappa shape index (κ1) is 14.1. The molecule has 0 spiro atoms. The number of nitrogens with two attached hydrogens (primary N) is 1. The minimum Gasteiger partial charge on any atom is -0.330 e. The van der Waals surface area contributed by atoms with Crippen LogP contribution >= 0.6 is 11.8 Å². The molecule has 0 saturated carbocycles. The van der Waals surface area contributed by atoms with Gasteiger partial charge < -0.3 is 11.1 Å². The number of benzene rings is 1. The van der Waals surface area contributed by atoms with Crippen LogP contribution in [-0.2, 0) is 4.79 Å². The quantitative estimate of drug-likeness (QED) is 0.818. The summed E-state index contributed by atoms with van der Waals surface area (Å²) >= 11 is 1.66. The predicted molar refractivity (Wildman–Crippen MR) is 75.3 cm³/mol. The monoisotopic (exact) mass is 252 g/mol. The highest BCUT2D eigenvalue weighted by Gasteiger charge is 2.16. The van der Waals surface area contributed by atoms with Gasteiger partial charge in [0.05, 0.1) is 5.25 Å². The minimum atomic E-state index is -0.0586. The molecule has 0 aliphatic rings. The lowest BCUT2D eigenvalue weighted by Gasteiger charge is -2.16. The van der Waals surface area contributed by atoms with Gasteiger partial charge in [-0.2, -0.15) is 0 Å². The number of carbonyl (C=O) groups is 1. The second-order valence-electron chi connectivity index (χ2n) is 4.02. The van der Waals surface area contributed by atoms with Crippen LogP contribution in [0.2, 0.25) is 0 Å². The molecule has 0 heterocycles. The summed E-state index contributed by atoms with van der Waals surface area (Å²) in [7, 11) is 0. The van der Waals surface area contributed by atoms with Crippen molar-refractivity contribution in [3.8, 4) is 0 Å². The topological polar surface area (TPSA) is 55.1 Å². The molecule has 0 bridgehead atoms. The SMILES string of the molecule is CC(CCN)SC(C)C(=O)Nc1ccccc1. The lowest BCUT2D eigenvalue weighted by Crippen LogP contribution is -2.24. The third-order valence-corrected chi connectivity index (χ3v) is 3.74. The molecule has 3 N–H and O–H groups in total. The van der Waals surface area contributed by atoms with Crippen LogP contribution < -0.4 is 11.1 Å². The first-order valence-electron chi connectivity index (χ1n) is 5.85. The molecule has 3 nitrogen and oxygen atoms in total. The molecule has 0 fully saturated rings. The Morgan fingerprint density at radius 3 is 2.59 bits per heavy atom. The highest BCUT2D eigenvalue weighted by atomic mass is 32.2. The molecule has 1 rings (SSSR count). The van der Waals surface area contributed by atoms with Gasteiger partial charge in [0, 0.05) is 10.9 Å². The van der Waals surface area contributed by atoms with Gasteiger partial charge in [-0.1, -0.05) is 25.1 Å². The normalized spacial score (nSPS) is 14.1. The Morgan fingerprint density at radius 1 is 1.35 bits per heavy atom. The maximum Gasteiger partial charge on any atom is 0.237 e. The molecule has 0 aliphatic carbocycles. The van der Waals surface area contributed by atoms with Crippen molar-refractivity contribution in [1.82, 2.24) is 0 Å². The number of anilines is 1. The number of hydrogen-bond donors (Lipinski definition) is 2. The average Bonchev–Trinajstić information content (AvgIpc) is 2.30. The summed E-state index contributed by atoms with van der Waals surface area (Å²) in [6, 6.07) is 9.52. The molecule has 0 radical (unpaired) electrons. The highest BCUT2D eigenvalue weighted by Crippen LogP contribution is 2.21. The van der Waals surface area contributed by atoms with E-state index < -0.39 is 0 Å². The van der Waals surface area contributed by atoms with E-state index in [2.05, 4.69) is 12.2 Å². The Labute approximate surface area is 107 Å². The first-order valence-corrected chi connectivity index (χ1v) is 6.79. The van der Waals surface area contributed by atoms with Gasteiger partial charge in [-0.05, 0) is 32.0 Å². The van der Waals surface area contributed by atoms with Crippen LogP contribution in [0.3, 0.4) is 0 Å². The molecule has 0 aliphatic heterocycles. The van der Waals surface area contributed by atoms with Crippen molar-refractivity contribution in [2.45, 2.75) is 30.8 Å². The largest absolute Gasteiger partial charge is 0.330 e. The van der Waals surface area contributed by atoms with Crippen LogP contribution in [0, 0.1) is 0 Å². The summed E-state index contributed by atoms with van der Waals surface area (Å²) in [4.78, 5) is 11.9. The number of hydrogen-bond acceptors (Lipinski definition) is 3. The Bertz CT molecular complexity index is 343. The molecule has 1 aromatic rings. The van der Waals surface area contributed by atoms with E-state index in [1.54, 1.807) is 11.8 Å². The number of carbonyl (C=O) groups excluding carboxylic acids is 1. The van der Waals surface area contributed by atoms with Crippen LogP contribution in [0.4, 0.5) is 5.69 Å². The summed E-state index contributed by atoms with van der Waals surface area (Å²) in [5, 5.41) is 3.25. The van der Waals surface area contributed by atoms with Gasteiger partial charge in [-0.15, -0.1) is 11.8 Å². The van der Waals surface area contributed by atoms with Gasteiger partial charge in [-0.25, -0.2) is 0 Å². The zero-order valence-corrected chi connectivity index (χ0v) is 11.2. The van der Waals surface area contributed by atoms with Crippen molar-refractivity contribution in [3.05, 3.63) is 30.3 Å². The maximum absolute atomic E-state index is 11.9. The zero-order chi connectivity index (χ0) is 12.7. The van der Waals surface area contributed by atoms with E-state index in [1.165, 1.54) is 0 Å². The fourth-order valence-electron chi connectivity index (χ4n) is 1.48.